The Labute approximate surface area is 118 Å². The van der Waals surface area contributed by atoms with Crippen molar-refractivity contribution in [2.24, 2.45) is 0 Å². The van der Waals surface area contributed by atoms with Crippen molar-refractivity contribution in [2.45, 2.75) is 45.8 Å². The maximum Gasteiger partial charge on any atom is 0.505 e. The Balaban J connectivity index is 1.98. The fourth-order valence-corrected chi connectivity index (χ4v) is 3.26. The van der Waals surface area contributed by atoms with Crippen LogP contribution in [0.2, 0.25) is 0 Å². The van der Waals surface area contributed by atoms with Gasteiger partial charge in [0.05, 0.1) is 11.2 Å². The molecule has 0 spiro atoms. The summed E-state index contributed by atoms with van der Waals surface area (Å²) < 4.78 is 14.6. The highest BCUT2D eigenvalue weighted by molar-refractivity contribution is 7.28. The van der Waals surface area contributed by atoms with E-state index in [-0.39, 0.29) is 18.3 Å². The third kappa shape index (κ3) is 2.12. The fourth-order valence-electron chi connectivity index (χ4n) is 2.26. The summed E-state index contributed by atoms with van der Waals surface area (Å²) in [6.45, 7) is 10.5. The van der Waals surface area contributed by atoms with Crippen LogP contribution in [0.3, 0.4) is 0 Å². The van der Waals surface area contributed by atoms with E-state index >= 15 is 0 Å². The molecule has 19 heavy (non-hydrogen) atoms. The third-order valence-electron chi connectivity index (χ3n) is 4.18. The number of hydrogen-bond acceptors (Lipinski definition) is 3. The second-order valence-corrected chi connectivity index (χ2v) is 7.39. The molecular formula is C15H19BO2S. The molecule has 0 aliphatic carbocycles. The van der Waals surface area contributed by atoms with Gasteiger partial charge in [-0.2, -0.15) is 0 Å². The SMILES string of the molecule is Cc1ccc2sc(B3OC(C)(C)C(C)(C)O3)cc2c1. The van der Waals surface area contributed by atoms with Crippen molar-refractivity contribution in [3.63, 3.8) is 0 Å². The molecule has 4 heteroatoms. The second-order valence-electron chi connectivity index (χ2n) is 6.28. The van der Waals surface area contributed by atoms with Gasteiger partial charge >= 0.3 is 7.12 Å². The summed E-state index contributed by atoms with van der Waals surface area (Å²) >= 11 is 1.75. The maximum atomic E-state index is 6.10. The van der Waals surface area contributed by atoms with E-state index in [2.05, 4.69) is 58.9 Å². The standard InChI is InChI=1S/C15H19BO2S/c1-10-6-7-12-11(8-10)9-13(19-12)16-17-14(2,3)15(4,5)18-16/h6-9H,1-5H3. The molecule has 1 aliphatic rings. The van der Waals surface area contributed by atoms with Crippen molar-refractivity contribution < 1.29 is 9.31 Å². The molecule has 2 heterocycles. The first-order valence-electron chi connectivity index (χ1n) is 6.64. The van der Waals surface area contributed by atoms with Gasteiger partial charge in [-0.3, -0.25) is 0 Å². The maximum absolute atomic E-state index is 6.10. The van der Waals surface area contributed by atoms with Crippen molar-refractivity contribution in [1.82, 2.24) is 0 Å². The summed E-state index contributed by atoms with van der Waals surface area (Å²) in [4.78, 5) is 0. The molecule has 0 atom stereocenters. The molecular weight excluding hydrogens is 255 g/mol. The van der Waals surface area contributed by atoms with E-state index < -0.39 is 0 Å². The van der Waals surface area contributed by atoms with Gasteiger partial charge < -0.3 is 9.31 Å². The Morgan fingerprint density at radius 2 is 1.63 bits per heavy atom. The Morgan fingerprint density at radius 3 is 2.26 bits per heavy atom. The first-order valence-corrected chi connectivity index (χ1v) is 7.46. The molecule has 100 valence electrons. The van der Waals surface area contributed by atoms with Crippen LogP contribution in [-0.2, 0) is 9.31 Å². The van der Waals surface area contributed by atoms with Crippen molar-refractivity contribution in [2.75, 3.05) is 0 Å². The quantitative estimate of drug-likeness (QED) is 0.741. The van der Waals surface area contributed by atoms with Gasteiger partial charge in [0, 0.05) is 9.48 Å². The Hall–Kier alpha value is -0.835. The average molecular weight is 274 g/mol. The monoisotopic (exact) mass is 274 g/mol. The summed E-state index contributed by atoms with van der Waals surface area (Å²) in [6.07, 6.45) is 0. The zero-order valence-corrected chi connectivity index (χ0v) is 12.9. The molecule has 0 unspecified atom stereocenters. The smallest absolute Gasteiger partial charge is 0.399 e. The molecule has 0 bridgehead atoms. The molecule has 1 aliphatic heterocycles. The van der Waals surface area contributed by atoms with Gasteiger partial charge in [-0.1, -0.05) is 17.7 Å². The molecule has 0 N–H and O–H groups in total. The van der Waals surface area contributed by atoms with E-state index in [1.54, 1.807) is 11.3 Å². The van der Waals surface area contributed by atoms with Crippen molar-refractivity contribution in [3.05, 3.63) is 29.8 Å². The zero-order chi connectivity index (χ0) is 13.8. The van der Waals surface area contributed by atoms with Gasteiger partial charge in [-0.25, -0.2) is 0 Å². The lowest BCUT2D eigenvalue weighted by Gasteiger charge is -2.32. The van der Waals surface area contributed by atoms with E-state index in [9.17, 15) is 0 Å². The molecule has 0 radical (unpaired) electrons. The fraction of sp³-hybridized carbons (Fsp3) is 0.467. The summed E-state index contributed by atoms with van der Waals surface area (Å²) in [5.74, 6) is 0. The molecule has 1 aromatic heterocycles. The van der Waals surface area contributed by atoms with Crippen LogP contribution in [0.1, 0.15) is 33.3 Å². The van der Waals surface area contributed by atoms with Crippen LogP contribution in [-0.4, -0.2) is 18.3 Å². The van der Waals surface area contributed by atoms with E-state index in [0.717, 1.165) is 4.78 Å². The largest absolute Gasteiger partial charge is 0.505 e. The normalized spacial score (nSPS) is 21.2. The zero-order valence-electron chi connectivity index (χ0n) is 12.1. The van der Waals surface area contributed by atoms with Gasteiger partial charge in [0.25, 0.3) is 0 Å². The Morgan fingerprint density at radius 1 is 1.00 bits per heavy atom. The number of hydrogen-bond donors (Lipinski definition) is 0. The highest BCUT2D eigenvalue weighted by Crippen LogP contribution is 2.37. The minimum Gasteiger partial charge on any atom is -0.399 e. The molecule has 0 saturated carbocycles. The van der Waals surface area contributed by atoms with Crippen molar-refractivity contribution in [1.29, 1.82) is 0 Å². The van der Waals surface area contributed by atoms with E-state index in [1.165, 1.54) is 15.6 Å². The molecule has 1 saturated heterocycles. The van der Waals surface area contributed by atoms with Gasteiger partial charge in [-0.05, 0) is 52.1 Å². The third-order valence-corrected chi connectivity index (χ3v) is 5.31. The molecule has 1 fully saturated rings. The number of rotatable bonds is 1. The van der Waals surface area contributed by atoms with Gasteiger partial charge in [-0.15, -0.1) is 11.3 Å². The van der Waals surface area contributed by atoms with Crippen LogP contribution in [0, 0.1) is 6.92 Å². The van der Waals surface area contributed by atoms with Gasteiger partial charge in [0.1, 0.15) is 0 Å². The van der Waals surface area contributed by atoms with Crippen LogP contribution >= 0.6 is 11.3 Å². The van der Waals surface area contributed by atoms with Crippen LogP contribution in [0.15, 0.2) is 24.3 Å². The van der Waals surface area contributed by atoms with Crippen LogP contribution in [0.5, 0.6) is 0 Å². The highest BCUT2D eigenvalue weighted by atomic mass is 32.1. The number of fused-ring (bicyclic) bond motifs is 1. The number of aryl methyl sites for hydroxylation is 1. The lowest BCUT2D eigenvalue weighted by Crippen LogP contribution is -2.41. The minimum absolute atomic E-state index is 0.247. The highest BCUT2D eigenvalue weighted by Gasteiger charge is 2.52. The second kappa shape index (κ2) is 4.08. The summed E-state index contributed by atoms with van der Waals surface area (Å²) in [5, 5.41) is 1.27. The minimum atomic E-state index is -0.274. The molecule has 3 rings (SSSR count). The summed E-state index contributed by atoms with van der Waals surface area (Å²) in [6, 6.07) is 8.71. The Bertz CT molecular complexity index is 614. The lowest BCUT2D eigenvalue weighted by molar-refractivity contribution is 0.00578. The average Bonchev–Trinajstić information content (AvgIpc) is 2.78. The van der Waals surface area contributed by atoms with E-state index in [4.69, 9.17) is 9.31 Å². The Kier molecular flexibility index (Phi) is 2.82. The topological polar surface area (TPSA) is 18.5 Å². The van der Waals surface area contributed by atoms with Gasteiger partial charge in [0.15, 0.2) is 0 Å². The van der Waals surface area contributed by atoms with Crippen molar-refractivity contribution >= 4 is 33.3 Å². The van der Waals surface area contributed by atoms with E-state index in [1.807, 2.05) is 0 Å². The molecule has 1 aromatic carbocycles. The number of benzene rings is 1. The van der Waals surface area contributed by atoms with Crippen LogP contribution < -0.4 is 4.78 Å². The molecule has 0 amide bonds. The first kappa shape index (κ1) is 13.2. The summed E-state index contributed by atoms with van der Waals surface area (Å²) in [7, 11) is -0.247. The summed E-state index contributed by atoms with van der Waals surface area (Å²) in [5.41, 5.74) is 0.735. The van der Waals surface area contributed by atoms with Crippen LogP contribution in [0.25, 0.3) is 10.1 Å². The predicted molar refractivity (Wildman–Crippen MR) is 82.3 cm³/mol. The van der Waals surface area contributed by atoms with Crippen LogP contribution in [0.4, 0.5) is 0 Å². The van der Waals surface area contributed by atoms with Gasteiger partial charge in [0.2, 0.25) is 0 Å². The lowest BCUT2D eigenvalue weighted by atomic mass is 9.87. The molecule has 2 nitrogen and oxygen atoms in total. The first-order chi connectivity index (χ1) is 8.78. The number of thiophene rings is 1. The van der Waals surface area contributed by atoms with E-state index in [0.29, 0.717) is 0 Å². The van der Waals surface area contributed by atoms with Crippen molar-refractivity contribution in [3.8, 4) is 0 Å². The predicted octanol–water partition coefficient (Wildman–Crippen LogP) is 3.51. The molecule has 2 aromatic rings.